The van der Waals surface area contributed by atoms with Crippen LogP contribution in [0.25, 0.3) is 10.8 Å². The molecule has 0 amide bonds. The first-order chi connectivity index (χ1) is 9.83. The van der Waals surface area contributed by atoms with Crippen molar-refractivity contribution >= 4 is 41.3 Å². The number of guanidine groups is 1. The molecule has 0 aliphatic rings. The molecule has 0 unspecified atom stereocenters. The highest BCUT2D eigenvalue weighted by Gasteiger charge is 2.07. The van der Waals surface area contributed by atoms with Gasteiger partial charge in [0.2, 0.25) is 5.89 Å². The summed E-state index contributed by atoms with van der Waals surface area (Å²) in [7, 11) is 0. The zero-order valence-electron chi connectivity index (χ0n) is 12.3. The summed E-state index contributed by atoms with van der Waals surface area (Å²) in [4.78, 5) is 9.98. The quantitative estimate of drug-likeness (QED) is 0.427. The van der Waals surface area contributed by atoms with Crippen molar-refractivity contribution in [3.8, 4) is 10.8 Å². The van der Waals surface area contributed by atoms with Crippen molar-refractivity contribution in [1.82, 2.24) is 15.6 Å². The van der Waals surface area contributed by atoms with E-state index in [9.17, 15) is 0 Å². The lowest BCUT2D eigenvalue weighted by Crippen LogP contribution is -2.37. The standard InChI is InChI=1S/C14H20N4OS.HI/c1-3-7-16-14(15-4-2)17-9-11-10-19-13(18-11)12-6-5-8-20-12;/h5-6,8,10H,3-4,7,9H2,1-2H3,(H2,15,16,17);1H. The molecule has 0 saturated carbocycles. The van der Waals surface area contributed by atoms with Crippen LogP contribution in [0.2, 0.25) is 0 Å². The molecule has 116 valence electrons. The second-order valence-electron chi connectivity index (χ2n) is 4.24. The van der Waals surface area contributed by atoms with E-state index < -0.39 is 0 Å². The van der Waals surface area contributed by atoms with Crippen LogP contribution in [0, 0.1) is 0 Å². The summed E-state index contributed by atoms with van der Waals surface area (Å²) in [6, 6.07) is 3.98. The number of hydrogen-bond donors (Lipinski definition) is 2. The van der Waals surface area contributed by atoms with Gasteiger partial charge >= 0.3 is 0 Å². The Bertz CT molecular complexity index is 539. The number of nitrogens with one attached hydrogen (secondary N) is 2. The maximum Gasteiger partial charge on any atom is 0.236 e. The minimum Gasteiger partial charge on any atom is -0.443 e. The molecule has 0 aliphatic heterocycles. The number of rotatable bonds is 6. The zero-order valence-corrected chi connectivity index (χ0v) is 15.4. The van der Waals surface area contributed by atoms with Gasteiger partial charge < -0.3 is 15.1 Å². The first-order valence-corrected chi connectivity index (χ1v) is 7.72. The highest BCUT2D eigenvalue weighted by Crippen LogP contribution is 2.23. The second kappa shape index (κ2) is 9.78. The van der Waals surface area contributed by atoms with E-state index in [1.54, 1.807) is 17.6 Å². The van der Waals surface area contributed by atoms with Crippen molar-refractivity contribution in [1.29, 1.82) is 0 Å². The minimum absolute atomic E-state index is 0. The van der Waals surface area contributed by atoms with E-state index in [1.165, 1.54) is 0 Å². The molecule has 2 aromatic rings. The number of aromatic nitrogens is 1. The van der Waals surface area contributed by atoms with Crippen LogP contribution in [0.15, 0.2) is 33.2 Å². The molecule has 7 heteroatoms. The summed E-state index contributed by atoms with van der Waals surface area (Å²) in [5.41, 5.74) is 0.835. The van der Waals surface area contributed by atoms with Gasteiger partial charge in [0.15, 0.2) is 5.96 Å². The first-order valence-electron chi connectivity index (χ1n) is 6.84. The topological polar surface area (TPSA) is 62.5 Å². The Balaban J connectivity index is 0.00000220. The van der Waals surface area contributed by atoms with Crippen molar-refractivity contribution in [3.63, 3.8) is 0 Å². The minimum atomic E-state index is 0. The molecular formula is C14H21IN4OS. The van der Waals surface area contributed by atoms with E-state index in [-0.39, 0.29) is 24.0 Å². The van der Waals surface area contributed by atoms with E-state index in [0.717, 1.165) is 36.0 Å². The fourth-order valence-electron chi connectivity index (χ4n) is 1.64. The molecule has 5 nitrogen and oxygen atoms in total. The van der Waals surface area contributed by atoms with Crippen LogP contribution in [0.4, 0.5) is 0 Å². The summed E-state index contributed by atoms with van der Waals surface area (Å²) in [5.74, 6) is 1.48. The number of halogens is 1. The van der Waals surface area contributed by atoms with Crippen molar-refractivity contribution in [2.75, 3.05) is 13.1 Å². The third-order valence-corrected chi connectivity index (χ3v) is 3.43. The van der Waals surface area contributed by atoms with Crippen LogP contribution in [0.3, 0.4) is 0 Å². The molecule has 0 saturated heterocycles. The fraction of sp³-hybridized carbons (Fsp3) is 0.429. The largest absolute Gasteiger partial charge is 0.443 e. The summed E-state index contributed by atoms with van der Waals surface area (Å²) >= 11 is 1.62. The van der Waals surface area contributed by atoms with Gasteiger partial charge in [-0.25, -0.2) is 9.98 Å². The van der Waals surface area contributed by atoms with Gasteiger partial charge in [0.1, 0.15) is 12.0 Å². The first kappa shape index (κ1) is 18.0. The van der Waals surface area contributed by atoms with Gasteiger partial charge in [0.25, 0.3) is 0 Å². The SMILES string of the molecule is CCCNC(=NCc1coc(-c2cccs2)n1)NCC.I. The number of thiophene rings is 1. The third kappa shape index (κ3) is 5.66. The third-order valence-electron chi connectivity index (χ3n) is 2.57. The van der Waals surface area contributed by atoms with Gasteiger partial charge in [-0.3, -0.25) is 0 Å². The maximum atomic E-state index is 5.47. The lowest BCUT2D eigenvalue weighted by atomic mass is 10.4. The molecule has 0 atom stereocenters. The van der Waals surface area contributed by atoms with E-state index in [4.69, 9.17) is 4.42 Å². The molecule has 0 aliphatic carbocycles. The molecule has 2 heterocycles. The smallest absolute Gasteiger partial charge is 0.236 e. The molecule has 0 spiro atoms. The van der Waals surface area contributed by atoms with Crippen molar-refractivity contribution in [3.05, 3.63) is 29.5 Å². The second-order valence-corrected chi connectivity index (χ2v) is 5.19. The molecule has 0 bridgehead atoms. The fourth-order valence-corrected chi connectivity index (χ4v) is 2.29. The predicted molar refractivity (Wildman–Crippen MR) is 98.3 cm³/mol. The monoisotopic (exact) mass is 420 g/mol. The van der Waals surface area contributed by atoms with E-state index in [1.807, 2.05) is 24.4 Å². The molecule has 0 radical (unpaired) electrons. The molecule has 0 aromatic carbocycles. The Hall–Kier alpha value is -1.09. The van der Waals surface area contributed by atoms with Gasteiger partial charge in [-0.2, -0.15) is 0 Å². The average Bonchev–Trinajstić information content (AvgIpc) is 3.12. The van der Waals surface area contributed by atoms with Crippen LogP contribution in [0.1, 0.15) is 26.0 Å². The Morgan fingerprint density at radius 3 is 2.90 bits per heavy atom. The summed E-state index contributed by atoms with van der Waals surface area (Å²) in [6.07, 6.45) is 2.73. The van der Waals surface area contributed by atoms with E-state index in [0.29, 0.717) is 12.4 Å². The number of aliphatic imine (C=N–C) groups is 1. The normalized spacial score (nSPS) is 11.0. The van der Waals surface area contributed by atoms with Gasteiger partial charge in [0.05, 0.1) is 11.4 Å². The lowest BCUT2D eigenvalue weighted by Gasteiger charge is -2.09. The summed E-state index contributed by atoms with van der Waals surface area (Å²) in [5, 5.41) is 8.47. The molecule has 0 fully saturated rings. The Labute approximate surface area is 146 Å². The zero-order chi connectivity index (χ0) is 14.2. The highest BCUT2D eigenvalue weighted by molar-refractivity contribution is 14.0. The van der Waals surface area contributed by atoms with Crippen LogP contribution >= 0.6 is 35.3 Å². The van der Waals surface area contributed by atoms with Crippen molar-refractivity contribution in [2.45, 2.75) is 26.8 Å². The van der Waals surface area contributed by atoms with E-state index >= 15 is 0 Å². The average molecular weight is 420 g/mol. The summed E-state index contributed by atoms with van der Waals surface area (Å²) in [6.45, 7) is 6.43. The Morgan fingerprint density at radius 2 is 2.24 bits per heavy atom. The molecule has 21 heavy (non-hydrogen) atoms. The number of nitrogens with zero attached hydrogens (tertiary/aromatic N) is 2. The molecule has 2 rings (SSSR count). The van der Waals surface area contributed by atoms with Gasteiger partial charge in [0, 0.05) is 13.1 Å². The number of hydrogen-bond acceptors (Lipinski definition) is 4. The van der Waals surface area contributed by atoms with Crippen LogP contribution < -0.4 is 10.6 Å². The Kier molecular flexibility index (Phi) is 8.36. The molecule has 2 N–H and O–H groups in total. The highest BCUT2D eigenvalue weighted by atomic mass is 127. The summed E-state index contributed by atoms with van der Waals surface area (Å²) < 4.78 is 5.47. The maximum absolute atomic E-state index is 5.47. The van der Waals surface area contributed by atoms with Gasteiger partial charge in [-0.05, 0) is 24.8 Å². The van der Waals surface area contributed by atoms with Crippen molar-refractivity contribution < 1.29 is 4.42 Å². The number of oxazole rings is 1. The van der Waals surface area contributed by atoms with Crippen LogP contribution in [-0.4, -0.2) is 24.0 Å². The van der Waals surface area contributed by atoms with Gasteiger partial charge in [-0.1, -0.05) is 13.0 Å². The van der Waals surface area contributed by atoms with Crippen LogP contribution in [-0.2, 0) is 6.54 Å². The van der Waals surface area contributed by atoms with Crippen LogP contribution in [0.5, 0.6) is 0 Å². The predicted octanol–water partition coefficient (Wildman–Crippen LogP) is 3.49. The Morgan fingerprint density at radius 1 is 1.38 bits per heavy atom. The lowest BCUT2D eigenvalue weighted by molar-refractivity contribution is 0.574. The van der Waals surface area contributed by atoms with Crippen molar-refractivity contribution in [2.24, 2.45) is 4.99 Å². The molecule has 2 aromatic heterocycles. The van der Waals surface area contributed by atoms with E-state index in [2.05, 4.69) is 27.5 Å². The van der Waals surface area contributed by atoms with Gasteiger partial charge in [-0.15, -0.1) is 35.3 Å². The molecular weight excluding hydrogens is 399 g/mol.